The van der Waals surface area contributed by atoms with E-state index in [-0.39, 0.29) is 12.4 Å². The van der Waals surface area contributed by atoms with Gasteiger partial charge in [-0.15, -0.1) is 0 Å². The number of amides is 2. The predicted octanol–water partition coefficient (Wildman–Crippen LogP) is 4.12. The van der Waals surface area contributed by atoms with Gasteiger partial charge in [0.1, 0.15) is 11.3 Å². The number of rotatable bonds is 5. The van der Waals surface area contributed by atoms with E-state index in [0.29, 0.717) is 22.5 Å². The molecular formula is C25H19N3O4. The van der Waals surface area contributed by atoms with Crippen LogP contribution in [0.2, 0.25) is 0 Å². The number of nitrogens with one attached hydrogen (secondary N) is 2. The molecular weight excluding hydrogens is 406 g/mol. The topological polar surface area (TPSA) is 104 Å². The summed E-state index contributed by atoms with van der Waals surface area (Å²) in [6.45, 7) is 1.52. The monoisotopic (exact) mass is 425 g/mol. The van der Waals surface area contributed by atoms with Gasteiger partial charge in [0, 0.05) is 10.9 Å². The van der Waals surface area contributed by atoms with Crippen LogP contribution >= 0.6 is 0 Å². The maximum Gasteiger partial charge on any atom is 0.305 e. The third-order valence-electron chi connectivity index (χ3n) is 4.94. The van der Waals surface area contributed by atoms with Gasteiger partial charge in [0.05, 0.1) is 11.6 Å². The van der Waals surface area contributed by atoms with E-state index in [2.05, 4.69) is 16.9 Å². The Morgan fingerprint density at radius 3 is 2.25 bits per heavy atom. The summed E-state index contributed by atoms with van der Waals surface area (Å²) in [4.78, 5) is 24.4. The average molecular weight is 425 g/mol. The minimum atomic E-state index is -0.543. The third kappa shape index (κ3) is 4.45. The number of hydrogen-bond donors (Lipinski definition) is 2. The Labute approximate surface area is 184 Å². The van der Waals surface area contributed by atoms with Crippen LogP contribution < -0.4 is 15.6 Å². The van der Waals surface area contributed by atoms with Crippen molar-refractivity contribution in [1.29, 1.82) is 5.26 Å². The Morgan fingerprint density at radius 1 is 0.938 bits per heavy atom. The summed E-state index contributed by atoms with van der Waals surface area (Å²) in [5.74, 6) is -0.398. The molecule has 0 spiro atoms. The van der Waals surface area contributed by atoms with Gasteiger partial charge in [-0.3, -0.25) is 20.4 Å². The number of nitriles is 1. The summed E-state index contributed by atoms with van der Waals surface area (Å²) in [7, 11) is 0. The van der Waals surface area contributed by atoms with Gasteiger partial charge < -0.3 is 9.15 Å². The first-order valence-electron chi connectivity index (χ1n) is 9.86. The molecule has 0 saturated carbocycles. The Morgan fingerprint density at radius 2 is 1.59 bits per heavy atom. The van der Waals surface area contributed by atoms with Crippen LogP contribution in [0.1, 0.15) is 21.7 Å². The van der Waals surface area contributed by atoms with E-state index >= 15 is 0 Å². The van der Waals surface area contributed by atoms with Crippen molar-refractivity contribution in [2.24, 2.45) is 0 Å². The summed E-state index contributed by atoms with van der Waals surface area (Å²) in [5.41, 5.74) is 8.50. The first-order chi connectivity index (χ1) is 15.5. The van der Waals surface area contributed by atoms with Crippen molar-refractivity contribution in [3.8, 4) is 22.9 Å². The number of carbonyl (C=O) groups excluding carboxylic acids is 2. The second-order valence-electron chi connectivity index (χ2n) is 7.06. The molecule has 2 N–H and O–H groups in total. The Bertz CT molecular complexity index is 1320. The Balaban J connectivity index is 1.29. The van der Waals surface area contributed by atoms with Gasteiger partial charge in [0.15, 0.2) is 12.4 Å². The number of aryl methyl sites for hydroxylation is 1. The number of hydrazine groups is 1. The standard InChI is InChI=1S/C25H19N3O4/c1-16-21-4-2-3-5-22(21)32-24(16)25(30)28-27-23(29)15-31-20-12-10-19(11-13-20)18-8-6-17(14-26)7-9-18/h2-13H,15H2,1H3,(H,27,29)(H,28,30). The zero-order valence-corrected chi connectivity index (χ0v) is 17.2. The van der Waals surface area contributed by atoms with Crippen LogP contribution in [-0.4, -0.2) is 18.4 Å². The van der Waals surface area contributed by atoms with E-state index in [1.807, 2.05) is 42.5 Å². The lowest BCUT2D eigenvalue weighted by Gasteiger charge is -2.09. The minimum absolute atomic E-state index is 0.144. The second-order valence-corrected chi connectivity index (χ2v) is 7.06. The Hall–Kier alpha value is -4.57. The molecule has 0 atom stereocenters. The number of para-hydroxylation sites is 1. The number of hydrogen-bond acceptors (Lipinski definition) is 5. The van der Waals surface area contributed by atoms with Crippen LogP contribution in [0.5, 0.6) is 5.75 Å². The first-order valence-corrected chi connectivity index (χ1v) is 9.86. The molecule has 2 amide bonds. The molecule has 1 heterocycles. The molecule has 0 bridgehead atoms. The maximum atomic E-state index is 12.3. The molecule has 0 aliphatic rings. The first kappa shape index (κ1) is 20.7. The average Bonchev–Trinajstić information content (AvgIpc) is 3.18. The van der Waals surface area contributed by atoms with Crippen LogP contribution in [0, 0.1) is 18.3 Å². The fourth-order valence-corrected chi connectivity index (χ4v) is 3.24. The fraction of sp³-hybridized carbons (Fsp3) is 0.0800. The predicted molar refractivity (Wildman–Crippen MR) is 119 cm³/mol. The number of carbonyl (C=O) groups is 2. The molecule has 0 radical (unpaired) electrons. The highest BCUT2D eigenvalue weighted by Gasteiger charge is 2.17. The molecule has 0 aliphatic carbocycles. The van der Waals surface area contributed by atoms with Crippen molar-refractivity contribution in [2.75, 3.05) is 6.61 Å². The highest BCUT2D eigenvalue weighted by molar-refractivity contribution is 5.99. The van der Waals surface area contributed by atoms with Gasteiger partial charge in [-0.25, -0.2) is 0 Å². The number of benzene rings is 3. The molecule has 7 heteroatoms. The van der Waals surface area contributed by atoms with E-state index in [1.165, 1.54) is 0 Å². The molecule has 1 aromatic heterocycles. The molecule has 3 aromatic carbocycles. The quantitative estimate of drug-likeness (QED) is 0.468. The lowest BCUT2D eigenvalue weighted by molar-refractivity contribution is -0.123. The molecule has 4 rings (SSSR count). The molecule has 0 fully saturated rings. The van der Waals surface area contributed by atoms with E-state index in [9.17, 15) is 9.59 Å². The zero-order valence-electron chi connectivity index (χ0n) is 17.2. The SMILES string of the molecule is Cc1c(C(=O)NNC(=O)COc2ccc(-c3ccc(C#N)cc3)cc2)oc2ccccc12. The fourth-order valence-electron chi connectivity index (χ4n) is 3.24. The van der Waals surface area contributed by atoms with Gasteiger partial charge >= 0.3 is 5.91 Å². The van der Waals surface area contributed by atoms with Crippen molar-refractivity contribution < 1.29 is 18.7 Å². The highest BCUT2D eigenvalue weighted by Crippen LogP contribution is 2.25. The summed E-state index contributed by atoms with van der Waals surface area (Å²) < 4.78 is 11.0. The van der Waals surface area contributed by atoms with Crippen molar-refractivity contribution >= 4 is 22.8 Å². The summed E-state index contributed by atoms with van der Waals surface area (Å²) in [6, 6.07) is 23.9. The van der Waals surface area contributed by atoms with Gasteiger partial charge in [-0.05, 0) is 48.4 Å². The Kier molecular flexibility index (Phi) is 5.86. The van der Waals surface area contributed by atoms with E-state index in [1.54, 1.807) is 37.3 Å². The minimum Gasteiger partial charge on any atom is -0.484 e. The second kappa shape index (κ2) is 9.06. The van der Waals surface area contributed by atoms with Crippen molar-refractivity contribution in [3.05, 3.63) is 89.7 Å². The normalized spacial score (nSPS) is 10.4. The number of ether oxygens (including phenoxy) is 1. The maximum absolute atomic E-state index is 12.3. The molecule has 158 valence electrons. The molecule has 0 unspecified atom stereocenters. The van der Waals surface area contributed by atoms with Crippen molar-refractivity contribution in [1.82, 2.24) is 10.9 Å². The third-order valence-corrected chi connectivity index (χ3v) is 4.94. The smallest absolute Gasteiger partial charge is 0.305 e. The van der Waals surface area contributed by atoms with Crippen LogP contribution in [0.25, 0.3) is 22.1 Å². The number of fused-ring (bicyclic) bond motifs is 1. The summed E-state index contributed by atoms with van der Waals surface area (Å²) in [5, 5.41) is 9.73. The van der Waals surface area contributed by atoms with Crippen molar-refractivity contribution in [3.63, 3.8) is 0 Å². The van der Waals surface area contributed by atoms with Crippen LogP contribution in [-0.2, 0) is 4.79 Å². The highest BCUT2D eigenvalue weighted by atomic mass is 16.5. The van der Waals surface area contributed by atoms with Gasteiger partial charge in [0.25, 0.3) is 5.91 Å². The molecule has 4 aromatic rings. The van der Waals surface area contributed by atoms with E-state index in [0.717, 1.165) is 16.5 Å². The summed E-state index contributed by atoms with van der Waals surface area (Å²) >= 11 is 0. The number of nitrogens with zero attached hydrogens (tertiary/aromatic N) is 1. The van der Waals surface area contributed by atoms with Gasteiger partial charge in [-0.1, -0.05) is 42.5 Å². The molecule has 0 aliphatic heterocycles. The molecule has 7 nitrogen and oxygen atoms in total. The summed E-state index contributed by atoms with van der Waals surface area (Å²) in [6.07, 6.45) is 0. The van der Waals surface area contributed by atoms with Crippen LogP contribution in [0.4, 0.5) is 0 Å². The largest absolute Gasteiger partial charge is 0.484 e. The van der Waals surface area contributed by atoms with Gasteiger partial charge in [0.2, 0.25) is 0 Å². The lowest BCUT2D eigenvalue weighted by atomic mass is 10.0. The van der Waals surface area contributed by atoms with Gasteiger partial charge in [-0.2, -0.15) is 5.26 Å². The van der Waals surface area contributed by atoms with Crippen LogP contribution in [0.3, 0.4) is 0 Å². The molecule has 0 saturated heterocycles. The number of furan rings is 1. The van der Waals surface area contributed by atoms with E-state index in [4.69, 9.17) is 14.4 Å². The van der Waals surface area contributed by atoms with E-state index < -0.39 is 11.8 Å². The van der Waals surface area contributed by atoms with Crippen molar-refractivity contribution in [2.45, 2.75) is 6.92 Å². The van der Waals surface area contributed by atoms with Crippen LogP contribution in [0.15, 0.2) is 77.2 Å². The molecule has 32 heavy (non-hydrogen) atoms. The zero-order chi connectivity index (χ0) is 22.5. The lowest BCUT2D eigenvalue weighted by Crippen LogP contribution is -2.43.